The van der Waals surface area contributed by atoms with Gasteiger partial charge in [-0.25, -0.2) is 0 Å². The van der Waals surface area contributed by atoms with Crippen LogP contribution in [0.5, 0.6) is 0 Å². The van der Waals surface area contributed by atoms with Crippen LogP contribution in [0.4, 0.5) is 0 Å². The van der Waals surface area contributed by atoms with Crippen LogP contribution < -0.4 is 0 Å². The Morgan fingerprint density at radius 1 is 0.731 bits per heavy atom. The highest BCUT2D eigenvalue weighted by molar-refractivity contribution is 6.74. The van der Waals surface area contributed by atoms with Crippen molar-refractivity contribution in [2.75, 3.05) is 7.11 Å². The number of hydrogen-bond donors (Lipinski definition) is 1. The van der Waals surface area contributed by atoms with Crippen LogP contribution in [-0.2, 0) is 18.3 Å². The predicted octanol–water partition coefficient (Wildman–Crippen LogP) is 4.52. The van der Waals surface area contributed by atoms with Crippen molar-refractivity contribution in [3.63, 3.8) is 0 Å². The van der Waals surface area contributed by atoms with Gasteiger partial charge in [-0.2, -0.15) is 0 Å². The van der Waals surface area contributed by atoms with Crippen LogP contribution in [0.1, 0.15) is 48.5 Å². The van der Waals surface area contributed by atoms with Crippen LogP contribution >= 0.6 is 0 Å². The van der Waals surface area contributed by atoms with Gasteiger partial charge in [0.1, 0.15) is 18.3 Å². The van der Waals surface area contributed by atoms with Gasteiger partial charge in [-0.15, -0.1) is 0 Å². The van der Waals surface area contributed by atoms with E-state index in [-0.39, 0.29) is 18.3 Å². The number of rotatable bonds is 11. The molecule has 0 spiro atoms. The molecule has 1 rings (SSSR count). The standard InChI is InChI=1S/C19H42O5Si2/c1-9-25(10-2,11-3)23-17-16(21-8)15(7)22-19(20)18(17)24-26(12-4,13-5)14-6/h15-20H,9-14H2,1-8H3/t15-,16-,17+,18-,19?/m0/s1. The number of aliphatic hydroxyl groups is 1. The summed E-state index contributed by atoms with van der Waals surface area (Å²) >= 11 is 0. The van der Waals surface area contributed by atoms with E-state index in [0.717, 1.165) is 36.3 Å². The molecular weight excluding hydrogens is 364 g/mol. The summed E-state index contributed by atoms with van der Waals surface area (Å²) in [7, 11) is -2.10. The fourth-order valence-electron chi connectivity index (χ4n) is 4.15. The average Bonchev–Trinajstić information content (AvgIpc) is 2.66. The van der Waals surface area contributed by atoms with Crippen LogP contribution in [0.25, 0.3) is 0 Å². The van der Waals surface area contributed by atoms with Crippen molar-refractivity contribution in [2.24, 2.45) is 0 Å². The predicted molar refractivity (Wildman–Crippen MR) is 111 cm³/mol. The van der Waals surface area contributed by atoms with Gasteiger partial charge in [0.2, 0.25) is 0 Å². The van der Waals surface area contributed by atoms with Crippen molar-refractivity contribution in [2.45, 2.75) is 115 Å². The van der Waals surface area contributed by atoms with Gasteiger partial charge in [-0.05, 0) is 43.2 Å². The molecule has 0 radical (unpaired) electrons. The molecule has 1 aliphatic rings. The molecule has 5 atom stereocenters. The second kappa shape index (κ2) is 10.7. The van der Waals surface area contributed by atoms with E-state index >= 15 is 0 Å². The fourth-order valence-corrected chi connectivity index (χ4v) is 9.83. The molecule has 0 saturated carbocycles. The van der Waals surface area contributed by atoms with Gasteiger partial charge in [0.15, 0.2) is 22.9 Å². The summed E-state index contributed by atoms with van der Waals surface area (Å²) in [4.78, 5) is 0. The number of hydrogen-bond acceptors (Lipinski definition) is 5. The molecule has 156 valence electrons. The van der Waals surface area contributed by atoms with Gasteiger partial charge in [0.05, 0.1) is 6.10 Å². The lowest BCUT2D eigenvalue weighted by Gasteiger charge is -2.49. The summed E-state index contributed by atoms with van der Waals surface area (Å²) in [5, 5.41) is 10.7. The van der Waals surface area contributed by atoms with Gasteiger partial charge in [0.25, 0.3) is 0 Å². The highest BCUT2D eigenvalue weighted by Gasteiger charge is 2.50. The topological polar surface area (TPSA) is 57.2 Å². The zero-order valence-corrected chi connectivity index (χ0v) is 20.2. The van der Waals surface area contributed by atoms with Crippen molar-refractivity contribution in [3.05, 3.63) is 0 Å². The Kier molecular flexibility index (Phi) is 9.98. The van der Waals surface area contributed by atoms with Gasteiger partial charge in [-0.3, -0.25) is 0 Å². The maximum atomic E-state index is 10.7. The number of ether oxygens (including phenoxy) is 2. The molecule has 26 heavy (non-hydrogen) atoms. The van der Waals surface area contributed by atoms with Crippen LogP contribution in [0, 0.1) is 0 Å². The summed E-state index contributed by atoms with van der Waals surface area (Å²) in [5.74, 6) is 0. The van der Waals surface area contributed by atoms with Gasteiger partial charge in [-0.1, -0.05) is 41.5 Å². The minimum Gasteiger partial charge on any atom is -0.408 e. The lowest BCUT2D eigenvalue weighted by molar-refractivity contribution is -0.274. The van der Waals surface area contributed by atoms with Crippen LogP contribution in [0.15, 0.2) is 0 Å². The van der Waals surface area contributed by atoms with Crippen LogP contribution in [-0.4, -0.2) is 59.6 Å². The smallest absolute Gasteiger partial charge is 0.192 e. The molecule has 1 heterocycles. The largest absolute Gasteiger partial charge is 0.408 e. The Morgan fingerprint density at radius 3 is 1.46 bits per heavy atom. The van der Waals surface area contributed by atoms with Crippen molar-refractivity contribution < 1.29 is 23.4 Å². The van der Waals surface area contributed by atoms with Crippen LogP contribution in [0.3, 0.4) is 0 Å². The maximum Gasteiger partial charge on any atom is 0.192 e. The zero-order valence-electron chi connectivity index (χ0n) is 18.2. The SMILES string of the molecule is CC[Si](CC)(CC)O[C@@H]1[C@@H](OC)[C@H](C)OC(O)[C@H]1O[Si](CC)(CC)CC. The normalized spacial score (nSPS) is 30.6. The molecule has 0 bridgehead atoms. The molecule has 0 aromatic rings. The highest BCUT2D eigenvalue weighted by Crippen LogP contribution is 2.35. The minimum atomic E-state index is -1.92. The lowest BCUT2D eigenvalue weighted by Crippen LogP contribution is -2.64. The van der Waals surface area contributed by atoms with Crippen molar-refractivity contribution in [1.29, 1.82) is 0 Å². The molecule has 7 heteroatoms. The van der Waals surface area contributed by atoms with E-state index in [4.69, 9.17) is 18.3 Å². The lowest BCUT2D eigenvalue weighted by atomic mass is 10.00. The molecule has 0 aliphatic carbocycles. The second-order valence-corrected chi connectivity index (χ2v) is 17.0. The third-order valence-corrected chi connectivity index (χ3v) is 15.9. The van der Waals surface area contributed by atoms with Gasteiger partial charge >= 0.3 is 0 Å². The van der Waals surface area contributed by atoms with E-state index in [0.29, 0.717) is 0 Å². The molecule has 1 aliphatic heterocycles. The molecule has 1 fully saturated rings. The third-order valence-electron chi connectivity index (χ3n) is 6.66. The first-order valence-electron chi connectivity index (χ1n) is 10.5. The molecular formula is C19H42O5Si2. The summed E-state index contributed by atoms with van der Waals surface area (Å²) in [6.45, 7) is 15.2. The maximum absolute atomic E-state index is 10.7. The van der Waals surface area contributed by atoms with Crippen molar-refractivity contribution >= 4 is 16.6 Å². The zero-order chi connectivity index (χ0) is 20.0. The second-order valence-electron chi connectivity index (χ2n) is 7.58. The summed E-state index contributed by atoms with van der Waals surface area (Å²) in [6.07, 6.45) is -2.16. The van der Waals surface area contributed by atoms with E-state index < -0.39 is 29.0 Å². The van der Waals surface area contributed by atoms with E-state index in [1.54, 1.807) is 7.11 Å². The third kappa shape index (κ3) is 5.18. The molecule has 0 aromatic carbocycles. The Balaban J connectivity index is 3.23. The molecule has 1 saturated heterocycles. The molecule has 0 aromatic heterocycles. The Morgan fingerprint density at radius 2 is 1.12 bits per heavy atom. The molecule has 5 nitrogen and oxygen atoms in total. The molecule has 1 unspecified atom stereocenters. The van der Waals surface area contributed by atoms with E-state index in [1.807, 2.05) is 6.92 Å². The Labute approximate surface area is 163 Å². The number of aliphatic hydroxyl groups excluding tert-OH is 1. The summed E-state index contributed by atoms with van der Waals surface area (Å²) < 4.78 is 25.1. The van der Waals surface area contributed by atoms with Gasteiger partial charge in [0, 0.05) is 7.11 Å². The van der Waals surface area contributed by atoms with E-state index in [9.17, 15) is 5.11 Å². The summed E-state index contributed by atoms with van der Waals surface area (Å²) in [6, 6.07) is 6.26. The Bertz CT molecular complexity index is 385. The fraction of sp³-hybridized carbons (Fsp3) is 1.00. The monoisotopic (exact) mass is 406 g/mol. The first kappa shape index (κ1) is 24.3. The highest BCUT2D eigenvalue weighted by atomic mass is 28.4. The quantitative estimate of drug-likeness (QED) is 0.511. The van der Waals surface area contributed by atoms with Crippen molar-refractivity contribution in [3.8, 4) is 0 Å². The first-order chi connectivity index (χ1) is 12.3. The van der Waals surface area contributed by atoms with Crippen molar-refractivity contribution in [1.82, 2.24) is 0 Å². The van der Waals surface area contributed by atoms with E-state index in [1.165, 1.54) is 0 Å². The van der Waals surface area contributed by atoms with E-state index in [2.05, 4.69) is 41.5 Å². The first-order valence-corrected chi connectivity index (χ1v) is 15.6. The number of methoxy groups -OCH3 is 1. The molecule has 1 N–H and O–H groups in total. The molecule has 0 amide bonds. The van der Waals surface area contributed by atoms with Crippen LogP contribution in [0.2, 0.25) is 36.3 Å². The minimum absolute atomic E-state index is 0.224. The van der Waals surface area contributed by atoms with Gasteiger partial charge < -0.3 is 23.4 Å². The summed E-state index contributed by atoms with van der Waals surface area (Å²) in [5.41, 5.74) is 0. The Hall–Kier alpha value is 0.234. The average molecular weight is 407 g/mol.